The Labute approximate surface area is 241 Å². The van der Waals surface area contributed by atoms with Gasteiger partial charge in [0.05, 0.1) is 12.0 Å². The van der Waals surface area contributed by atoms with Gasteiger partial charge in [0.2, 0.25) is 11.8 Å². The van der Waals surface area contributed by atoms with E-state index in [-0.39, 0.29) is 30.4 Å². The number of nitrogens with one attached hydrogen (secondary N) is 3. The Morgan fingerprint density at radius 1 is 1.00 bits per heavy atom. The van der Waals surface area contributed by atoms with Crippen LogP contribution in [0.4, 0.5) is 10.5 Å². The van der Waals surface area contributed by atoms with E-state index < -0.39 is 17.0 Å². The molecule has 0 saturated heterocycles. The molecule has 0 radical (unpaired) electrons. The lowest BCUT2D eigenvalue weighted by Crippen LogP contribution is -2.67. The topological polar surface area (TPSA) is 90.5 Å². The summed E-state index contributed by atoms with van der Waals surface area (Å²) in [7, 11) is 0. The van der Waals surface area contributed by atoms with E-state index in [0.717, 1.165) is 30.4 Å². The number of fused-ring (bicyclic) bond motifs is 1. The smallest absolute Gasteiger partial charge is 0.324 e. The summed E-state index contributed by atoms with van der Waals surface area (Å²) < 4.78 is 0. The van der Waals surface area contributed by atoms with Crippen molar-refractivity contribution >= 4 is 46.7 Å². The zero-order chi connectivity index (χ0) is 28.4. The molecule has 2 aliphatic rings. The van der Waals surface area contributed by atoms with E-state index in [2.05, 4.69) is 16.0 Å². The van der Waals surface area contributed by atoms with Gasteiger partial charge in [-0.2, -0.15) is 0 Å². The summed E-state index contributed by atoms with van der Waals surface area (Å²) in [5, 5.41) is 10.6. The normalized spacial score (nSPS) is 20.1. The number of benzene rings is 2. The summed E-state index contributed by atoms with van der Waals surface area (Å²) in [6.45, 7) is 7.28. The van der Waals surface area contributed by atoms with Gasteiger partial charge in [-0.1, -0.05) is 60.7 Å². The minimum absolute atomic E-state index is 0.0722. The number of amides is 4. The lowest BCUT2D eigenvalue weighted by Gasteiger charge is -2.51. The van der Waals surface area contributed by atoms with Crippen LogP contribution in [-0.4, -0.2) is 46.9 Å². The number of carbonyl (C=O) groups excluding carboxylic acids is 3. The fourth-order valence-electron chi connectivity index (χ4n) is 6.31. The van der Waals surface area contributed by atoms with Crippen LogP contribution >= 0.6 is 23.2 Å². The third kappa shape index (κ3) is 5.81. The number of halogens is 2. The van der Waals surface area contributed by atoms with Crippen LogP contribution < -0.4 is 16.0 Å². The van der Waals surface area contributed by atoms with E-state index in [1.165, 1.54) is 4.90 Å². The first-order valence-electron chi connectivity index (χ1n) is 13.7. The summed E-state index contributed by atoms with van der Waals surface area (Å²) in [6.07, 6.45) is 4.69. The molecular weight excluding hydrogens is 535 g/mol. The number of hydrogen-bond donors (Lipinski definition) is 3. The van der Waals surface area contributed by atoms with Crippen molar-refractivity contribution in [2.24, 2.45) is 0 Å². The summed E-state index contributed by atoms with van der Waals surface area (Å²) in [4.78, 5) is 41.9. The van der Waals surface area contributed by atoms with Crippen LogP contribution in [0.1, 0.15) is 70.9 Å². The van der Waals surface area contributed by atoms with Gasteiger partial charge in [-0.3, -0.25) is 14.5 Å². The molecule has 7 nitrogen and oxygen atoms in total. The molecule has 1 aliphatic carbocycles. The van der Waals surface area contributed by atoms with Crippen molar-refractivity contribution in [1.29, 1.82) is 0 Å². The van der Waals surface area contributed by atoms with Crippen molar-refractivity contribution < 1.29 is 14.4 Å². The Kier molecular flexibility index (Phi) is 8.94. The second kappa shape index (κ2) is 11.9. The molecule has 1 atom stereocenters. The highest BCUT2D eigenvalue weighted by Crippen LogP contribution is 2.53. The summed E-state index contributed by atoms with van der Waals surface area (Å²) in [5.41, 5.74) is 0.730. The molecule has 210 valence electrons. The van der Waals surface area contributed by atoms with E-state index in [1.54, 1.807) is 6.07 Å². The number of urea groups is 1. The first-order chi connectivity index (χ1) is 18.5. The molecule has 9 heteroatoms. The molecule has 0 bridgehead atoms. The summed E-state index contributed by atoms with van der Waals surface area (Å²) in [5.74, 6) is -0.458. The van der Waals surface area contributed by atoms with Crippen molar-refractivity contribution in [2.45, 2.75) is 89.3 Å². The highest BCUT2D eigenvalue weighted by Gasteiger charge is 2.60. The molecule has 2 aromatic carbocycles. The van der Waals surface area contributed by atoms with Crippen molar-refractivity contribution in [3.05, 3.63) is 63.6 Å². The van der Waals surface area contributed by atoms with E-state index in [4.69, 9.17) is 23.2 Å². The number of nitrogens with zero attached hydrogens (tertiary/aromatic N) is 1. The monoisotopic (exact) mass is 572 g/mol. The van der Waals surface area contributed by atoms with Gasteiger partial charge in [0.15, 0.2) is 0 Å². The van der Waals surface area contributed by atoms with Gasteiger partial charge in [-0.15, -0.1) is 0 Å². The fourth-order valence-corrected chi connectivity index (χ4v) is 6.69. The first-order valence-corrected chi connectivity index (χ1v) is 14.5. The van der Waals surface area contributed by atoms with Gasteiger partial charge < -0.3 is 16.0 Å². The third-order valence-corrected chi connectivity index (χ3v) is 8.42. The molecule has 0 aromatic heterocycles. The minimum atomic E-state index is -1.01. The highest BCUT2D eigenvalue weighted by molar-refractivity contribution is 6.31. The molecule has 3 N–H and O–H groups in total. The predicted octanol–water partition coefficient (Wildman–Crippen LogP) is 6.07. The molecule has 1 saturated carbocycles. The minimum Gasteiger partial charge on any atom is -0.335 e. The van der Waals surface area contributed by atoms with Crippen LogP contribution in [0.2, 0.25) is 10.0 Å². The molecular formula is C30H38Cl2N4O3. The Morgan fingerprint density at radius 2 is 1.69 bits per heavy atom. The highest BCUT2D eigenvalue weighted by atomic mass is 35.5. The second-order valence-electron chi connectivity index (χ2n) is 11.3. The van der Waals surface area contributed by atoms with Crippen LogP contribution in [0.5, 0.6) is 0 Å². The van der Waals surface area contributed by atoms with E-state index in [1.807, 2.05) is 64.1 Å². The van der Waals surface area contributed by atoms with Gasteiger partial charge >= 0.3 is 6.03 Å². The van der Waals surface area contributed by atoms with Crippen molar-refractivity contribution in [1.82, 2.24) is 15.5 Å². The Balaban J connectivity index is 1.78. The number of rotatable bonds is 8. The van der Waals surface area contributed by atoms with Gasteiger partial charge in [-0.05, 0) is 82.3 Å². The zero-order valence-electron chi connectivity index (χ0n) is 23.1. The van der Waals surface area contributed by atoms with Crippen molar-refractivity contribution in [3.63, 3.8) is 0 Å². The van der Waals surface area contributed by atoms with Gasteiger partial charge in [-0.25, -0.2) is 4.79 Å². The Bertz CT molecular complexity index is 1240. The van der Waals surface area contributed by atoms with Crippen molar-refractivity contribution in [3.8, 4) is 0 Å². The molecule has 2 aromatic rings. The van der Waals surface area contributed by atoms with Crippen LogP contribution in [0.3, 0.4) is 0 Å². The van der Waals surface area contributed by atoms with Crippen LogP contribution in [0, 0.1) is 0 Å². The van der Waals surface area contributed by atoms with Gasteiger partial charge in [0.1, 0.15) is 0 Å². The molecule has 4 rings (SSSR count). The number of imide groups is 1. The predicted molar refractivity (Wildman–Crippen MR) is 156 cm³/mol. The van der Waals surface area contributed by atoms with E-state index >= 15 is 0 Å². The maximum Gasteiger partial charge on any atom is 0.324 e. The molecule has 1 unspecified atom stereocenters. The SMILES string of the molecule is CC(C)NC(=O)N(C(=O)CNC1(C2(Cc3cccc(Cl)c3)C(=O)Nc3cc(Cl)ccc32)CCCCC1)C(C)C. The zero-order valence-corrected chi connectivity index (χ0v) is 24.6. The fraction of sp³-hybridized carbons (Fsp3) is 0.500. The number of carbonyl (C=O) groups is 3. The van der Waals surface area contributed by atoms with Crippen LogP contribution in [0.15, 0.2) is 42.5 Å². The van der Waals surface area contributed by atoms with E-state index in [0.29, 0.717) is 35.0 Å². The number of hydrogen-bond acceptors (Lipinski definition) is 4. The molecule has 0 spiro atoms. The van der Waals surface area contributed by atoms with E-state index in [9.17, 15) is 14.4 Å². The van der Waals surface area contributed by atoms with Crippen LogP contribution in [-0.2, 0) is 21.4 Å². The summed E-state index contributed by atoms with van der Waals surface area (Å²) >= 11 is 12.7. The molecule has 1 fully saturated rings. The second-order valence-corrected chi connectivity index (χ2v) is 12.2. The molecule has 4 amide bonds. The lowest BCUT2D eigenvalue weighted by molar-refractivity contribution is -0.131. The Morgan fingerprint density at radius 3 is 2.33 bits per heavy atom. The standard InChI is InChI=1S/C30H38Cl2N4O3/c1-19(2)34-28(39)36(20(3)4)26(37)18-33-29(13-6-5-7-14-29)30(17-21-9-8-10-22(31)15-21)24-12-11-23(32)16-25(24)35-27(30)38/h8-12,15-16,19-20,33H,5-7,13-14,17-18H2,1-4H3,(H,34,39)(H,35,38). The third-order valence-electron chi connectivity index (χ3n) is 7.95. The maximum atomic E-state index is 14.2. The molecule has 1 aliphatic heterocycles. The average molecular weight is 574 g/mol. The average Bonchev–Trinajstić information content (AvgIpc) is 3.14. The quantitative estimate of drug-likeness (QED) is 0.358. The molecule has 1 heterocycles. The summed E-state index contributed by atoms with van der Waals surface area (Å²) in [6, 6.07) is 12.3. The maximum absolute atomic E-state index is 14.2. The first kappa shape index (κ1) is 29.4. The Hall–Kier alpha value is -2.61. The van der Waals surface area contributed by atoms with Crippen molar-refractivity contribution in [2.75, 3.05) is 11.9 Å². The number of anilines is 1. The largest absolute Gasteiger partial charge is 0.335 e. The van der Waals surface area contributed by atoms with Gasteiger partial charge in [0, 0.05) is 33.4 Å². The van der Waals surface area contributed by atoms with Gasteiger partial charge in [0.25, 0.3) is 0 Å². The molecule has 39 heavy (non-hydrogen) atoms. The van der Waals surface area contributed by atoms with Crippen LogP contribution in [0.25, 0.3) is 0 Å². The lowest BCUT2D eigenvalue weighted by atomic mass is 9.57.